The van der Waals surface area contributed by atoms with E-state index in [1.807, 2.05) is 25.7 Å². The minimum Gasteiger partial charge on any atom is -0.394 e. The summed E-state index contributed by atoms with van der Waals surface area (Å²) >= 11 is 1.92. The van der Waals surface area contributed by atoms with Crippen molar-refractivity contribution in [1.29, 1.82) is 0 Å². The fraction of sp³-hybridized carbons (Fsp3) is 1.00. The van der Waals surface area contributed by atoms with Gasteiger partial charge in [0.25, 0.3) is 0 Å². The number of likely N-dealkylation sites (N-methyl/N-ethyl adjacent to an activating group) is 1. The Bertz CT molecular complexity index is 135. The van der Waals surface area contributed by atoms with Crippen molar-refractivity contribution >= 4 is 11.8 Å². The van der Waals surface area contributed by atoms with Crippen molar-refractivity contribution in [2.45, 2.75) is 38.5 Å². The summed E-state index contributed by atoms with van der Waals surface area (Å²) in [6, 6.07) is 0. The van der Waals surface area contributed by atoms with Gasteiger partial charge in [0.1, 0.15) is 0 Å². The molecule has 0 aliphatic rings. The predicted molar refractivity (Wildman–Crippen MR) is 61.3 cm³/mol. The first-order valence-electron chi connectivity index (χ1n) is 4.86. The first-order valence-corrected chi connectivity index (χ1v) is 5.91. The summed E-state index contributed by atoms with van der Waals surface area (Å²) in [5.41, 5.74) is -0.131. The molecule has 0 bridgehead atoms. The lowest BCUT2D eigenvalue weighted by atomic mass is 10.1. The second-order valence-electron chi connectivity index (χ2n) is 4.23. The SMILES string of the molecule is CNC(C)(CO)CSC(C)C(C)C. The summed E-state index contributed by atoms with van der Waals surface area (Å²) in [7, 11) is 1.90. The molecule has 0 fully saturated rings. The molecule has 0 spiro atoms. The fourth-order valence-electron chi connectivity index (χ4n) is 0.705. The molecule has 0 aromatic rings. The Morgan fingerprint density at radius 2 is 1.92 bits per heavy atom. The average Bonchev–Trinajstić information content (AvgIpc) is 2.13. The second kappa shape index (κ2) is 5.89. The zero-order chi connectivity index (χ0) is 10.5. The molecule has 0 rings (SSSR count). The van der Waals surface area contributed by atoms with Crippen molar-refractivity contribution in [2.24, 2.45) is 5.92 Å². The van der Waals surface area contributed by atoms with Crippen LogP contribution in [0.2, 0.25) is 0 Å². The van der Waals surface area contributed by atoms with E-state index in [1.165, 1.54) is 0 Å². The molecule has 2 unspecified atom stereocenters. The van der Waals surface area contributed by atoms with Crippen molar-refractivity contribution in [1.82, 2.24) is 5.32 Å². The Morgan fingerprint density at radius 1 is 1.38 bits per heavy atom. The van der Waals surface area contributed by atoms with Gasteiger partial charge in [0.15, 0.2) is 0 Å². The summed E-state index contributed by atoms with van der Waals surface area (Å²) < 4.78 is 0. The summed E-state index contributed by atoms with van der Waals surface area (Å²) in [5, 5.41) is 13.0. The number of thioether (sulfide) groups is 1. The lowest BCUT2D eigenvalue weighted by molar-refractivity contribution is 0.200. The maximum Gasteiger partial charge on any atom is 0.0618 e. The molecule has 13 heavy (non-hydrogen) atoms. The van der Waals surface area contributed by atoms with Crippen molar-refractivity contribution in [3.05, 3.63) is 0 Å². The van der Waals surface area contributed by atoms with Crippen LogP contribution in [-0.4, -0.2) is 35.3 Å². The van der Waals surface area contributed by atoms with Crippen molar-refractivity contribution in [2.75, 3.05) is 19.4 Å². The Labute approximate surface area is 86.5 Å². The quantitative estimate of drug-likeness (QED) is 0.693. The molecule has 3 heteroatoms. The highest BCUT2D eigenvalue weighted by atomic mass is 32.2. The number of aliphatic hydroxyl groups is 1. The number of hydrogen-bond donors (Lipinski definition) is 2. The summed E-state index contributed by atoms with van der Waals surface area (Å²) in [6.07, 6.45) is 0. The molecule has 0 saturated carbocycles. The molecule has 0 aliphatic heterocycles. The van der Waals surface area contributed by atoms with Gasteiger partial charge in [-0.15, -0.1) is 0 Å². The van der Waals surface area contributed by atoms with Gasteiger partial charge < -0.3 is 10.4 Å². The topological polar surface area (TPSA) is 32.3 Å². The molecular weight excluding hydrogens is 182 g/mol. The summed E-state index contributed by atoms with van der Waals surface area (Å²) in [4.78, 5) is 0. The zero-order valence-electron chi connectivity index (χ0n) is 9.42. The van der Waals surface area contributed by atoms with Crippen molar-refractivity contribution in [3.63, 3.8) is 0 Å². The van der Waals surface area contributed by atoms with Gasteiger partial charge in [0.05, 0.1) is 6.61 Å². The molecule has 0 saturated heterocycles. The van der Waals surface area contributed by atoms with Crippen molar-refractivity contribution < 1.29 is 5.11 Å². The van der Waals surface area contributed by atoms with Crippen LogP contribution >= 0.6 is 11.8 Å². The minimum atomic E-state index is -0.131. The zero-order valence-corrected chi connectivity index (χ0v) is 10.2. The number of rotatable bonds is 6. The number of nitrogens with one attached hydrogen (secondary N) is 1. The highest BCUT2D eigenvalue weighted by Gasteiger charge is 2.22. The largest absolute Gasteiger partial charge is 0.394 e. The monoisotopic (exact) mass is 205 g/mol. The Kier molecular flexibility index (Phi) is 6.01. The van der Waals surface area contributed by atoms with Gasteiger partial charge in [-0.05, 0) is 19.9 Å². The van der Waals surface area contributed by atoms with Gasteiger partial charge in [0.2, 0.25) is 0 Å². The smallest absolute Gasteiger partial charge is 0.0618 e. The van der Waals surface area contributed by atoms with Crippen LogP contribution in [-0.2, 0) is 0 Å². The van der Waals surface area contributed by atoms with E-state index >= 15 is 0 Å². The molecular formula is C10H23NOS. The third-order valence-corrected chi connectivity index (χ3v) is 4.43. The van der Waals surface area contributed by atoms with Crippen LogP contribution in [0.25, 0.3) is 0 Å². The minimum absolute atomic E-state index is 0.131. The van der Waals surface area contributed by atoms with E-state index in [0.717, 1.165) is 5.75 Å². The summed E-state index contributed by atoms with van der Waals surface area (Å²) in [6.45, 7) is 8.94. The normalized spacial score (nSPS) is 18.7. The van der Waals surface area contributed by atoms with E-state index in [-0.39, 0.29) is 12.1 Å². The molecule has 0 aromatic carbocycles. The fourth-order valence-corrected chi connectivity index (χ4v) is 1.96. The second-order valence-corrected chi connectivity index (χ2v) is 5.59. The van der Waals surface area contributed by atoms with Crippen LogP contribution in [0.15, 0.2) is 0 Å². The maximum atomic E-state index is 9.16. The van der Waals surface area contributed by atoms with Gasteiger partial charge in [0, 0.05) is 16.5 Å². The van der Waals surface area contributed by atoms with E-state index in [1.54, 1.807) is 0 Å². The molecule has 80 valence electrons. The third kappa shape index (κ3) is 4.89. The lowest BCUT2D eigenvalue weighted by Crippen LogP contribution is -2.46. The summed E-state index contributed by atoms with van der Waals surface area (Å²) in [5.74, 6) is 1.66. The molecule has 2 atom stereocenters. The number of aliphatic hydroxyl groups excluding tert-OH is 1. The highest BCUT2D eigenvalue weighted by molar-refractivity contribution is 7.99. The molecule has 2 nitrogen and oxygen atoms in total. The Morgan fingerprint density at radius 3 is 2.23 bits per heavy atom. The van der Waals surface area contributed by atoms with Gasteiger partial charge in [-0.2, -0.15) is 11.8 Å². The lowest BCUT2D eigenvalue weighted by Gasteiger charge is -2.28. The molecule has 0 aromatic heterocycles. The Balaban J connectivity index is 3.85. The van der Waals surface area contributed by atoms with Crippen LogP contribution in [0.3, 0.4) is 0 Å². The van der Waals surface area contributed by atoms with E-state index in [4.69, 9.17) is 5.11 Å². The van der Waals surface area contributed by atoms with Crippen LogP contribution < -0.4 is 5.32 Å². The van der Waals surface area contributed by atoms with Crippen LogP contribution in [0.5, 0.6) is 0 Å². The average molecular weight is 205 g/mol. The van der Waals surface area contributed by atoms with E-state index in [0.29, 0.717) is 11.2 Å². The molecule has 0 amide bonds. The molecule has 0 heterocycles. The third-order valence-electron chi connectivity index (χ3n) is 2.56. The van der Waals surface area contributed by atoms with Gasteiger partial charge >= 0.3 is 0 Å². The van der Waals surface area contributed by atoms with Gasteiger partial charge in [-0.25, -0.2) is 0 Å². The van der Waals surface area contributed by atoms with E-state index in [9.17, 15) is 0 Å². The number of hydrogen-bond acceptors (Lipinski definition) is 3. The first kappa shape index (κ1) is 13.3. The first-order chi connectivity index (χ1) is 5.95. The molecule has 0 radical (unpaired) electrons. The van der Waals surface area contributed by atoms with Crippen LogP contribution in [0.4, 0.5) is 0 Å². The van der Waals surface area contributed by atoms with Gasteiger partial charge in [-0.1, -0.05) is 20.8 Å². The highest BCUT2D eigenvalue weighted by Crippen LogP contribution is 2.22. The van der Waals surface area contributed by atoms with Gasteiger partial charge in [-0.3, -0.25) is 0 Å². The Hall–Kier alpha value is 0.270. The molecule has 0 aliphatic carbocycles. The molecule has 2 N–H and O–H groups in total. The van der Waals surface area contributed by atoms with Crippen molar-refractivity contribution in [3.8, 4) is 0 Å². The predicted octanol–water partition coefficient (Wildman–Crippen LogP) is 1.73. The standard InChI is InChI=1S/C10H23NOS/c1-8(2)9(3)13-7-10(4,6-12)11-5/h8-9,11-12H,6-7H2,1-5H3. The van der Waals surface area contributed by atoms with Crippen LogP contribution in [0.1, 0.15) is 27.7 Å². The maximum absolute atomic E-state index is 9.16. The van der Waals surface area contributed by atoms with E-state index in [2.05, 4.69) is 26.1 Å². The van der Waals surface area contributed by atoms with E-state index < -0.39 is 0 Å². The van der Waals surface area contributed by atoms with Crippen LogP contribution in [0, 0.1) is 5.92 Å².